The summed E-state index contributed by atoms with van der Waals surface area (Å²) >= 11 is 0. The van der Waals surface area contributed by atoms with E-state index in [1.54, 1.807) is 13.2 Å². The molecule has 0 spiro atoms. The first-order valence-corrected chi connectivity index (χ1v) is 5.22. The van der Waals surface area contributed by atoms with Crippen LogP contribution in [-0.4, -0.2) is 20.1 Å². The molecular formula is C10H17N3O. The summed E-state index contributed by atoms with van der Waals surface area (Å²) in [6.07, 6.45) is 5.86. The van der Waals surface area contributed by atoms with Gasteiger partial charge in [0.15, 0.2) is 0 Å². The van der Waals surface area contributed by atoms with Gasteiger partial charge in [-0.15, -0.1) is 0 Å². The monoisotopic (exact) mass is 195 g/mol. The quantitative estimate of drug-likeness (QED) is 0.733. The maximum absolute atomic E-state index is 10.5. The highest BCUT2D eigenvalue weighted by Gasteiger charge is 2.39. The molecular weight excluding hydrogens is 178 g/mol. The van der Waals surface area contributed by atoms with Crippen LogP contribution in [0.2, 0.25) is 0 Å². The molecule has 4 nitrogen and oxygen atoms in total. The highest BCUT2D eigenvalue weighted by Crippen LogP contribution is 2.40. The number of nitrogens with zero attached hydrogens (tertiary/aromatic N) is 3. The lowest BCUT2D eigenvalue weighted by molar-refractivity contribution is -0.0509. The fraction of sp³-hybridized carbons (Fsp3) is 0.800. The van der Waals surface area contributed by atoms with Crippen molar-refractivity contribution < 1.29 is 5.11 Å². The van der Waals surface area contributed by atoms with E-state index in [2.05, 4.69) is 17.1 Å². The fourth-order valence-electron chi connectivity index (χ4n) is 2.25. The summed E-state index contributed by atoms with van der Waals surface area (Å²) in [5.41, 5.74) is -0.0147. The summed E-state index contributed by atoms with van der Waals surface area (Å²) in [6.45, 7) is 2.09. The summed E-state index contributed by atoms with van der Waals surface area (Å²) in [4.78, 5) is 1.51. The summed E-state index contributed by atoms with van der Waals surface area (Å²) in [5, 5.41) is 18.7. The van der Waals surface area contributed by atoms with E-state index in [1.165, 1.54) is 11.2 Å². The third-order valence-corrected chi connectivity index (χ3v) is 3.30. The minimum atomic E-state index is -0.744. The van der Waals surface area contributed by atoms with Gasteiger partial charge in [-0.05, 0) is 18.8 Å². The second-order valence-corrected chi connectivity index (χ2v) is 4.29. The Morgan fingerprint density at radius 3 is 2.93 bits per heavy atom. The van der Waals surface area contributed by atoms with Crippen LogP contribution in [0.1, 0.15) is 38.3 Å². The zero-order valence-corrected chi connectivity index (χ0v) is 8.77. The van der Waals surface area contributed by atoms with Crippen molar-refractivity contribution >= 4 is 0 Å². The van der Waals surface area contributed by atoms with Gasteiger partial charge in [-0.2, -0.15) is 15.0 Å². The van der Waals surface area contributed by atoms with Crippen LogP contribution in [0.25, 0.3) is 0 Å². The van der Waals surface area contributed by atoms with Gasteiger partial charge in [0.25, 0.3) is 0 Å². The Balaban J connectivity index is 2.29. The van der Waals surface area contributed by atoms with Crippen molar-refractivity contribution in [1.82, 2.24) is 15.0 Å². The van der Waals surface area contributed by atoms with Gasteiger partial charge in [0.2, 0.25) is 0 Å². The molecule has 0 aliphatic heterocycles. The Morgan fingerprint density at radius 1 is 1.57 bits per heavy atom. The number of aromatic nitrogens is 3. The van der Waals surface area contributed by atoms with Crippen LogP contribution in [-0.2, 0) is 12.6 Å². The van der Waals surface area contributed by atoms with E-state index in [-0.39, 0.29) is 5.92 Å². The highest BCUT2D eigenvalue weighted by atomic mass is 16.3. The van der Waals surface area contributed by atoms with E-state index in [9.17, 15) is 5.11 Å². The van der Waals surface area contributed by atoms with Gasteiger partial charge in [0, 0.05) is 7.05 Å². The third kappa shape index (κ3) is 1.43. The normalized spacial score (nSPS) is 33.2. The van der Waals surface area contributed by atoms with Crippen LogP contribution >= 0.6 is 0 Å². The Morgan fingerprint density at radius 2 is 2.36 bits per heavy atom. The number of hydrogen-bond donors (Lipinski definition) is 1. The van der Waals surface area contributed by atoms with Gasteiger partial charge >= 0.3 is 0 Å². The number of rotatable bonds is 1. The lowest BCUT2D eigenvalue weighted by atomic mass is 9.75. The van der Waals surface area contributed by atoms with Crippen molar-refractivity contribution in [3.8, 4) is 0 Å². The van der Waals surface area contributed by atoms with Gasteiger partial charge in [0.1, 0.15) is 11.3 Å². The standard InChI is InChI=1S/C10H17N3O/c1-8-5-3-4-6-10(8,14)9-7-11-13(2)12-9/h7-8,14H,3-6H2,1-2H3. The van der Waals surface area contributed by atoms with Crippen LogP contribution in [0, 0.1) is 5.92 Å². The molecule has 1 N–H and O–H groups in total. The molecule has 1 aliphatic rings. The van der Waals surface area contributed by atoms with Crippen molar-refractivity contribution in [3.05, 3.63) is 11.9 Å². The Kier molecular flexibility index (Phi) is 2.31. The van der Waals surface area contributed by atoms with Crippen LogP contribution in [0.3, 0.4) is 0 Å². The summed E-state index contributed by atoms with van der Waals surface area (Å²) in [6, 6.07) is 0. The first-order chi connectivity index (χ1) is 6.63. The van der Waals surface area contributed by atoms with Crippen LogP contribution in [0.5, 0.6) is 0 Å². The number of aliphatic hydroxyl groups is 1. The minimum absolute atomic E-state index is 0.285. The topological polar surface area (TPSA) is 50.9 Å². The molecule has 1 fully saturated rings. The molecule has 1 saturated carbocycles. The zero-order valence-electron chi connectivity index (χ0n) is 8.77. The van der Waals surface area contributed by atoms with Gasteiger partial charge in [-0.1, -0.05) is 19.8 Å². The van der Waals surface area contributed by atoms with Gasteiger partial charge < -0.3 is 5.11 Å². The largest absolute Gasteiger partial charge is 0.383 e. The molecule has 1 aromatic heterocycles. The Bertz CT molecular complexity index is 323. The average Bonchev–Trinajstić information content (AvgIpc) is 2.58. The zero-order chi connectivity index (χ0) is 10.2. The summed E-state index contributed by atoms with van der Waals surface area (Å²) in [5.74, 6) is 0.285. The molecule has 1 aromatic rings. The van der Waals surface area contributed by atoms with Crippen molar-refractivity contribution in [1.29, 1.82) is 0 Å². The molecule has 0 saturated heterocycles. The molecule has 0 bridgehead atoms. The number of aryl methyl sites for hydroxylation is 1. The summed E-state index contributed by atoms with van der Waals surface area (Å²) < 4.78 is 0. The SMILES string of the molecule is CC1CCCCC1(O)c1cnn(C)n1. The minimum Gasteiger partial charge on any atom is -0.383 e. The maximum atomic E-state index is 10.5. The first kappa shape index (κ1) is 9.65. The molecule has 2 unspecified atom stereocenters. The van der Waals surface area contributed by atoms with Gasteiger partial charge in [-0.3, -0.25) is 0 Å². The predicted molar refractivity (Wildman–Crippen MR) is 52.5 cm³/mol. The molecule has 0 amide bonds. The predicted octanol–water partition coefficient (Wildman–Crippen LogP) is 1.21. The van der Waals surface area contributed by atoms with E-state index in [1.807, 2.05) is 0 Å². The maximum Gasteiger partial charge on any atom is 0.114 e. The van der Waals surface area contributed by atoms with E-state index >= 15 is 0 Å². The number of hydrogen-bond acceptors (Lipinski definition) is 3. The first-order valence-electron chi connectivity index (χ1n) is 5.22. The molecule has 1 aliphatic carbocycles. The van der Waals surface area contributed by atoms with E-state index in [0.29, 0.717) is 0 Å². The molecule has 4 heteroatoms. The molecule has 78 valence electrons. The molecule has 14 heavy (non-hydrogen) atoms. The Hall–Kier alpha value is -0.900. The molecule has 1 heterocycles. The second kappa shape index (κ2) is 3.35. The lowest BCUT2D eigenvalue weighted by Gasteiger charge is -2.36. The molecule has 0 radical (unpaired) electrons. The molecule has 2 rings (SSSR count). The third-order valence-electron chi connectivity index (χ3n) is 3.30. The highest BCUT2D eigenvalue weighted by molar-refractivity contribution is 5.09. The Labute approximate surface area is 83.9 Å². The van der Waals surface area contributed by atoms with Crippen molar-refractivity contribution in [2.75, 3.05) is 0 Å². The van der Waals surface area contributed by atoms with Crippen molar-refractivity contribution in [2.24, 2.45) is 13.0 Å². The van der Waals surface area contributed by atoms with E-state index in [0.717, 1.165) is 25.0 Å². The van der Waals surface area contributed by atoms with Crippen molar-refractivity contribution in [2.45, 2.75) is 38.2 Å². The fourth-order valence-corrected chi connectivity index (χ4v) is 2.25. The van der Waals surface area contributed by atoms with Crippen LogP contribution in [0.4, 0.5) is 0 Å². The second-order valence-electron chi connectivity index (χ2n) is 4.29. The molecule has 0 aromatic carbocycles. The average molecular weight is 195 g/mol. The lowest BCUT2D eigenvalue weighted by Crippen LogP contribution is -2.36. The van der Waals surface area contributed by atoms with Crippen LogP contribution in [0.15, 0.2) is 6.20 Å². The molecule has 2 atom stereocenters. The van der Waals surface area contributed by atoms with Gasteiger partial charge in [0.05, 0.1) is 6.20 Å². The van der Waals surface area contributed by atoms with Crippen LogP contribution < -0.4 is 0 Å². The van der Waals surface area contributed by atoms with Gasteiger partial charge in [-0.25, -0.2) is 0 Å². The van der Waals surface area contributed by atoms with E-state index < -0.39 is 5.60 Å². The smallest absolute Gasteiger partial charge is 0.114 e. The van der Waals surface area contributed by atoms with Crippen molar-refractivity contribution in [3.63, 3.8) is 0 Å². The van der Waals surface area contributed by atoms with E-state index in [4.69, 9.17) is 0 Å². The summed E-state index contributed by atoms with van der Waals surface area (Å²) in [7, 11) is 1.78.